The van der Waals surface area contributed by atoms with Crippen LogP contribution in [0, 0.1) is 17.8 Å². The van der Waals surface area contributed by atoms with Gasteiger partial charge in [0.25, 0.3) is 0 Å². The minimum absolute atomic E-state index is 0.467. The predicted molar refractivity (Wildman–Crippen MR) is 79.5 cm³/mol. The van der Waals surface area contributed by atoms with Crippen LogP contribution in [0.15, 0.2) is 12.1 Å². The Kier molecular flexibility index (Phi) is 4.17. The average Bonchev–Trinajstić information content (AvgIpc) is 3.03. The first-order valence-electron chi connectivity index (χ1n) is 7.07. The van der Waals surface area contributed by atoms with E-state index in [1.165, 1.54) is 6.42 Å². The van der Waals surface area contributed by atoms with Crippen LogP contribution < -0.4 is 15.4 Å². The van der Waals surface area contributed by atoms with E-state index in [0.717, 1.165) is 24.2 Å². The van der Waals surface area contributed by atoms with Crippen LogP contribution in [0.25, 0.3) is 0 Å². The number of nitrogen functional groups attached to an aromatic ring is 1. The van der Waals surface area contributed by atoms with Gasteiger partial charge in [-0.1, -0.05) is 20.8 Å². The fourth-order valence-corrected chi connectivity index (χ4v) is 2.11. The van der Waals surface area contributed by atoms with Crippen molar-refractivity contribution in [1.29, 1.82) is 0 Å². The molecule has 4 nitrogen and oxygen atoms in total. The highest BCUT2D eigenvalue weighted by Gasteiger charge is 2.33. The summed E-state index contributed by atoms with van der Waals surface area (Å²) >= 11 is 0. The van der Waals surface area contributed by atoms with Crippen LogP contribution in [0.3, 0.4) is 0 Å². The van der Waals surface area contributed by atoms with Crippen LogP contribution >= 0.6 is 0 Å². The second-order valence-electron chi connectivity index (χ2n) is 6.12. The summed E-state index contributed by atoms with van der Waals surface area (Å²) < 4.78 is 5.67. The number of hydrogen-bond donors (Lipinski definition) is 1. The molecular formula is C15H25N3O. The molecule has 1 heterocycles. The molecule has 106 valence electrons. The Balaban J connectivity index is 2.02. The lowest BCUT2D eigenvalue weighted by Crippen LogP contribution is -2.22. The van der Waals surface area contributed by atoms with Crippen molar-refractivity contribution in [1.82, 2.24) is 4.98 Å². The van der Waals surface area contributed by atoms with Crippen molar-refractivity contribution in [2.75, 3.05) is 30.8 Å². The van der Waals surface area contributed by atoms with Gasteiger partial charge in [0.1, 0.15) is 5.82 Å². The minimum Gasteiger partial charge on any atom is -0.476 e. The molecule has 2 unspecified atom stereocenters. The van der Waals surface area contributed by atoms with Gasteiger partial charge in [-0.2, -0.15) is 4.98 Å². The van der Waals surface area contributed by atoms with Gasteiger partial charge in [0.05, 0.1) is 12.3 Å². The summed E-state index contributed by atoms with van der Waals surface area (Å²) in [6, 6.07) is 3.84. The number of rotatable bonds is 6. The van der Waals surface area contributed by atoms with Crippen LogP contribution in [0.5, 0.6) is 5.88 Å². The molecule has 0 aromatic carbocycles. The number of pyridine rings is 1. The molecule has 0 saturated heterocycles. The zero-order valence-corrected chi connectivity index (χ0v) is 12.4. The fraction of sp³-hybridized carbons (Fsp3) is 0.667. The summed E-state index contributed by atoms with van der Waals surface area (Å²) in [5.41, 5.74) is 6.51. The largest absolute Gasteiger partial charge is 0.476 e. The molecule has 0 amide bonds. The van der Waals surface area contributed by atoms with Crippen LogP contribution in [0.4, 0.5) is 11.5 Å². The first-order chi connectivity index (χ1) is 8.97. The van der Waals surface area contributed by atoms with Crippen molar-refractivity contribution in [3.63, 3.8) is 0 Å². The van der Waals surface area contributed by atoms with Crippen molar-refractivity contribution in [3.05, 3.63) is 12.1 Å². The molecule has 2 atom stereocenters. The van der Waals surface area contributed by atoms with Gasteiger partial charge in [0, 0.05) is 13.6 Å². The van der Waals surface area contributed by atoms with Gasteiger partial charge in [-0.05, 0) is 36.3 Å². The third-order valence-corrected chi connectivity index (χ3v) is 3.60. The number of anilines is 2. The highest BCUT2D eigenvalue weighted by atomic mass is 16.5. The molecule has 1 aliphatic rings. The van der Waals surface area contributed by atoms with Gasteiger partial charge in [0.2, 0.25) is 5.88 Å². The van der Waals surface area contributed by atoms with E-state index < -0.39 is 0 Å². The summed E-state index contributed by atoms with van der Waals surface area (Å²) in [5, 5.41) is 0. The second-order valence-corrected chi connectivity index (χ2v) is 6.12. The molecule has 1 aliphatic carbocycles. The number of aromatic nitrogens is 1. The Bertz CT molecular complexity index is 433. The standard InChI is InChI=1S/C15H25N3O/c1-10(2)9-19-15-13(16)5-6-14(17-15)18(4)8-12-7-11(12)3/h5-6,10-12H,7-9,16H2,1-4H3. The quantitative estimate of drug-likeness (QED) is 0.857. The third kappa shape index (κ3) is 3.75. The van der Waals surface area contributed by atoms with E-state index in [-0.39, 0.29) is 0 Å². The van der Waals surface area contributed by atoms with Gasteiger partial charge >= 0.3 is 0 Å². The molecule has 19 heavy (non-hydrogen) atoms. The zero-order valence-electron chi connectivity index (χ0n) is 12.4. The lowest BCUT2D eigenvalue weighted by molar-refractivity contribution is 0.263. The average molecular weight is 263 g/mol. The SMILES string of the molecule is CC(C)COc1nc(N(C)CC2CC2C)ccc1N. The molecule has 1 fully saturated rings. The Hall–Kier alpha value is -1.45. The van der Waals surface area contributed by atoms with E-state index in [4.69, 9.17) is 10.5 Å². The summed E-state index contributed by atoms with van der Waals surface area (Å²) in [4.78, 5) is 6.72. The molecule has 0 aliphatic heterocycles. The molecule has 1 aromatic rings. The molecule has 2 rings (SSSR count). The van der Waals surface area contributed by atoms with Crippen molar-refractivity contribution in [2.24, 2.45) is 17.8 Å². The van der Waals surface area contributed by atoms with E-state index in [1.807, 2.05) is 12.1 Å². The summed E-state index contributed by atoms with van der Waals surface area (Å²) in [6.45, 7) is 8.22. The molecular weight excluding hydrogens is 238 g/mol. The Morgan fingerprint density at radius 1 is 1.47 bits per heavy atom. The molecule has 0 radical (unpaired) electrons. The first-order valence-corrected chi connectivity index (χ1v) is 7.07. The maximum atomic E-state index is 5.91. The lowest BCUT2D eigenvalue weighted by Gasteiger charge is -2.19. The summed E-state index contributed by atoms with van der Waals surface area (Å²) in [7, 11) is 2.08. The van der Waals surface area contributed by atoms with Crippen LogP contribution in [-0.2, 0) is 0 Å². The topological polar surface area (TPSA) is 51.4 Å². The van der Waals surface area contributed by atoms with E-state index in [1.54, 1.807) is 0 Å². The van der Waals surface area contributed by atoms with Crippen LogP contribution in [-0.4, -0.2) is 25.2 Å². The molecule has 1 saturated carbocycles. The molecule has 0 spiro atoms. The Labute approximate surface area is 116 Å². The molecule has 2 N–H and O–H groups in total. The fourth-order valence-electron chi connectivity index (χ4n) is 2.11. The lowest BCUT2D eigenvalue weighted by atomic mass is 10.2. The normalized spacial score (nSPS) is 21.5. The first kappa shape index (κ1) is 14.0. The highest BCUT2D eigenvalue weighted by molar-refractivity contribution is 5.54. The number of nitrogens with zero attached hydrogens (tertiary/aromatic N) is 2. The predicted octanol–water partition coefficient (Wildman–Crippen LogP) is 2.79. The van der Waals surface area contributed by atoms with Crippen molar-refractivity contribution >= 4 is 11.5 Å². The molecule has 4 heteroatoms. The molecule has 1 aromatic heterocycles. The second kappa shape index (κ2) is 5.68. The summed E-state index contributed by atoms with van der Waals surface area (Å²) in [6.07, 6.45) is 1.33. The van der Waals surface area contributed by atoms with Gasteiger partial charge in [0.15, 0.2) is 0 Å². The van der Waals surface area contributed by atoms with E-state index in [2.05, 4.69) is 37.7 Å². The maximum Gasteiger partial charge on any atom is 0.239 e. The monoisotopic (exact) mass is 263 g/mol. The van der Waals surface area contributed by atoms with E-state index in [9.17, 15) is 0 Å². The minimum atomic E-state index is 0.467. The summed E-state index contributed by atoms with van der Waals surface area (Å²) in [5.74, 6) is 3.63. The zero-order chi connectivity index (χ0) is 14.0. The van der Waals surface area contributed by atoms with Crippen LogP contribution in [0.2, 0.25) is 0 Å². The molecule has 0 bridgehead atoms. The number of ether oxygens (including phenoxy) is 1. The highest BCUT2D eigenvalue weighted by Crippen LogP contribution is 2.38. The van der Waals surface area contributed by atoms with Gasteiger partial charge in [-0.3, -0.25) is 0 Å². The number of nitrogens with two attached hydrogens (primary N) is 1. The number of hydrogen-bond acceptors (Lipinski definition) is 4. The van der Waals surface area contributed by atoms with Gasteiger partial charge in [-0.25, -0.2) is 0 Å². The van der Waals surface area contributed by atoms with Gasteiger partial charge in [-0.15, -0.1) is 0 Å². The van der Waals surface area contributed by atoms with E-state index >= 15 is 0 Å². The van der Waals surface area contributed by atoms with Crippen molar-refractivity contribution in [3.8, 4) is 5.88 Å². The third-order valence-electron chi connectivity index (χ3n) is 3.60. The van der Waals surface area contributed by atoms with Gasteiger partial charge < -0.3 is 15.4 Å². The maximum absolute atomic E-state index is 5.91. The Morgan fingerprint density at radius 2 is 2.16 bits per heavy atom. The smallest absolute Gasteiger partial charge is 0.239 e. The van der Waals surface area contributed by atoms with Crippen molar-refractivity contribution < 1.29 is 4.74 Å². The van der Waals surface area contributed by atoms with Crippen LogP contribution in [0.1, 0.15) is 27.2 Å². The van der Waals surface area contributed by atoms with E-state index in [0.29, 0.717) is 24.1 Å². The van der Waals surface area contributed by atoms with Crippen molar-refractivity contribution in [2.45, 2.75) is 27.2 Å². The Morgan fingerprint density at radius 3 is 2.74 bits per heavy atom.